The Morgan fingerprint density at radius 2 is 2.04 bits per heavy atom. The molecule has 0 aliphatic carbocycles. The number of aliphatic hydroxyl groups excluding tert-OH is 1. The SMILES string of the molecule is Cc1cc(F)ccc1S(=O)(=O)NCc1ccc(C(O)c2ccsc2)s1. The van der Waals surface area contributed by atoms with Crippen LogP contribution < -0.4 is 4.72 Å². The Morgan fingerprint density at radius 1 is 1.24 bits per heavy atom. The Balaban J connectivity index is 1.71. The molecular weight excluding hydrogens is 381 g/mol. The van der Waals surface area contributed by atoms with Gasteiger partial charge in [0.15, 0.2) is 0 Å². The van der Waals surface area contributed by atoms with E-state index in [0.717, 1.165) is 21.4 Å². The zero-order chi connectivity index (χ0) is 18.0. The van der Waals surface area contributed by atoms with Crippen molar-refractivity contribution in [2.75, 3.05) is 0 Å². The zero-order valence-corrected chi connectivity index (χ0v) is 15.7. The topological polar surface area (TPSA) is 66.4 Å². The minimum atomic E-state index is -3.73. The molecule has 4 nitrogen and oxygen atoms in total. The van der Waals surface area contributed by atoms with Crippen molar-refractivity contribution in [1.82, 2.24) is 4.72 Å². The first-order valence-corrected chi connectivity index (χ1v) is 10.7. The number of halogens is 1. The Labute approximate surface area is 153 Å². The molecule has 0 spiro atoms. The van der Waals surface area contributed by atoms with E-state index in [9.17, 15) is 17.9 Å². The van der Waals surface area contributed by atoms with Crippen LogP contribution in [0.15, 0.2) is 52.1 Å². The molecule has 3 aromatic rings. The quantitative estimate of drug-likeness (QED) is 0.665. The molecule has 3 rings (SSSR count). The lowest BCUT2D eigenvalue weighted by Crippen LogP contribution is -2.23. The molecule has 0 radical (unpaired) electrons. The monoisotopic (exact) mass is 397 g/mol. The Morgan fingerprint density at radius 3 is 2.72 bits per heavy atom. The van der Waals surface area contributed by atoms with Gasteiger partial charge in [0, 0.05) is 16.3 Å². The average molecular weight is 398 g/mol. The third kappa shape index (κ3) is 4.16. The normalized spacial score (nSPS) is 13.1. The lowest BCUT2D eigenvalue weighted by molar-refractivity contribution is 0.224. The molecular formula is C17H16FNO3S3. The van der Waals surface area contributed by atoms with Gasteiger partial charge in [-0.25, -0.2) is 17.5 Å². The van der Waals surface area contributed by atoms with Gasteiger partial charge in [0.25, 0.3) is 0 Å². The van der Waals surface area contributed by atoms with Gasteiger partial charge in [-0.2, -0.15) is 11.3 Å². The zero-order valence-electron chi connectivity index (χ0n) is 13.3. The summed E-state index contributed by atoms with van der Waals surface area (Å²) in [6.45, 7) is 1.66. The van der Waals surface area contributed by atoms with E-state index in [1.807, 2.05) is 16.8 Å². The van der Waals surface area contributed by atoms with Crippen LogP contribution in [-0.2, 0) is 16.6 Å². The van der Waals surface area contributed by atoms with Crippen LogP contribution in [0.25, 0.3) is 0 Å². The molecule has 1 aromatic carbocycles. The summed E-state index contributed by atoms with van der Waals surface area (Å²) >= 11 is 2.86. The van der Waals surface area contributed by atoms with Gasteiger partial charge in [-0.3, -0.25) is 0 Å². The second-order valence-electron chi connectivity index (χ2n) is 5.50. The molecule has 0 aliphatic rings. The highest BCUT2D eigenvalue weighted by molar-refractivity contribution is 7.89. The van der Waals surface area contributed by atoms with Gasteiger partial charge >= 0.3 is 0 Å². The fourth-order valence-corrected chi connectivity index (χ4v) is 5.36. The molecule has 1 unspecified atom stereocenters. The number of aliphatic hydroxyl groups is 1. The first kappa shape index (κ1) is 18.2. The van der Waals surface area contributed by atoms with Crippen LogP contribution in [0.3, 0.4) is 0 Å². The van der Waals surface area contributed by atoms with Crippen molar-refractivity contribution in [3.05, 3.63) is 73.9 Å². The van der Waals surface area contributed by atoms with Crippen molar-refractivity contribution < 1.29 is 17.9 Å². The number of sulfonamides is 1. The summed E-state index contributed by atoms with van der Waals surface area (Å²) in [5.74, 6) is -0.471. The second-order valence-corrected chi connectivity index (χ2v) is 9.21. The summed E-state index contributed by atoms with van der Waals surface area (Å²) in [6.07, 6.45) is -0.707. The Kier molecular flexibility index (Phi) is 5.35. The van der Waals surface area contributed by atoms with Gasteiger partial charge in [-0.1, -0.05) is 0 Å². The van der Waals surface area contributed by atoms with E-state index >= 15 is 0 Å². The molecule has 0 saturated carbocycles. The predicted octanol–water partition coefficient (Wildman–Crippen LogP) is 3.82. The van der Waals surface area contributed by atoms with Crippen molar-refractivity contribution in [1.29, 1.82) is 0 Å². The van der Waals surface area contributed by atoms with E-state index < -0.39 is 21.9 Å². The first-order chi connectivity index (χ1) is 11.9. The standard InChI is InChI=1S/C17H16FNO3S3/c1-11-8-13(18)2-5-16(11)25(21,22)19-9-14-3-4-15(24-14)17(20)12-6-7-23-10-12/h2-8,10,17,19-20H,9H2,1H3. The van der Waals surface area contributed by atoms with E-state index in [0.29, 0.717) is 5.56 Å². The van der Waals surface area contributed by atoms with Crippen molar-refractivity contribution in [3.8, 4) is 0 Å². The highest BCUT2D eigenvalue weighted by Gasteiger charge is 2.18. The summed E-state index contributed by atoms with van der Waals surface area (Å²) in [4.78, 5) is 1.60. The van der Waals surface area contributed by atoms with Crippen molar-refractivity contribution in [2.24, 2.45) is 0 Å². The molecule has 1 atom stereocenters. The fraction of sp³-hybridized carbons (Fsp3) is 0.176. The summed E-state index contributed by atoms with van der Waals surface area (Å²) in [5.41, 5.74) is 1.17. The minimum Gasteiger partial charge on any atom is -0.383 e. The van der Waals surface area contributed by atoms with E-state index in [1.165, 1.54) is 34.8 Å². The predicted molar refractivity (Wildman–Crippen MR) is 97.9 cm³/mol. The van der Waals surface area contributed by atoms with Crippen LogP contribution in [0.1, 0.15) is 27.0 Å². The van der Waals surface area contributed by atoms with Gasteiger partial charge in [-0.15, -0.1) is 11.3 Å². The van der Waals surface area contributed by atoms with Crippen molar-refractivity contribution in [3.63, 3.8) is 0 Å². The molecule has 0 amide bonds. The average Bonchev–Trinajstić information content (AvgIpc) is 3.24. The molecule has 8 heteroatoms. The maximum absolute atomic E-state index is 13.1. The van der Waals surface area contributed by atoms with Crippen molar-refractivity contribution in [2.45, 2.75) is 24.5 Å². The van der Waals surface area contributed by atoms with Gasteiger partial charge in [-0.05, 0) is 65.2 Å². The van der Waals surface area contributed by atoms with Gasteiger partial charge in [0.2, 0.25) is 10.0 Å². The lowest BCUT2D eigenvalue weighted by atomic mass is 10.2. The summed E-state index contributed by atoms with van der Waals surface area (Å²) < 4.78 is 40.4. The van der Waals surface area contributed by atoms with Gasteiger partial charge in [0.05, 0.1) is 4.90 Å². The summed E-state index contributed by atoms with van der Waals surface area (Å²) in [5, 5.41) is 14.1. The number of thiophene rings is 2. The molecule has 0 saturated heterocycles. The van der Waals surface area contributed by atoms with Crippen LogP contribution in [-0.4, -0.2) is 13.5 Å². The maximum Gasteiger partial charge on any atom is 0.241 e. The summed E-state index contributed by atoms with van der Waals surface area (Å²) in [7, 11) is -3.73. The van der Waals surface area contributed by atoms with Crippen LogP contribution in [0.4, 0.5) is 4.39 Å². The number of hydrogen-bond acceptors (Lipinski definition) is 5. The van der Waals surface area contributed by atoms with Crippen LogP contribution in [0, 0.1) is 12.7 Å². The number of aryl methyl sites for hydroxylation is 1. The molecule has 0 aliphatic heterocycles. The molecule has 2 heterocycles. The van der Waals surface area contributed by atoms with Gasteiger partial charge in [0.1, 0.15) is 11.9 Å². The smallest absolute Gasteiger partial charge is 0.241 e. The second kappa shape index (κ2) is 7.35. The first-order valence-electron chi connectivity index (χ1n) is 7.41. The Hall–Kier alpha value is -1.58. The molecule has 2 N–H and O–H groups in total. The van der Waals surface area contributed by atoms with Gasteiger partial charge < -0.3 is 5.11 Å². The number of hydrogen-bond donors (Lipinski definition) is 2. The largest absolute Gasteiger partial charge is 0.383 e. The third-order valence-electron chi connectivity index (χ3n) is 3.67. The molecule has 132 valence electrons. The molecule has 2 aromatic heterocycles. The van der Waals surface area contributed by atoms with E-state index in [-0.39, 0.29) is 11.4 Å². The number of rotatable bonds is 6. The fourth-order valence-electron chi connectivity index (χ4n) is 2.39. The molecule has 0 bridgehead atoms. The van der Waals surface area contributed by atoms with E-state index in [4.69, 9.17) is 0 Å². The van der Waals surface area contributed by atoms with Crippen LogP contribution in [0.2, 0.25) is 0 Å². The van der Waals surface area contributed by atoms with Crippen molar-refractivity contribution >= 4 is 32.7 Å². The molecule has 25 heavy (non-hydrogen) atoms. The van der Waals surface area contributed by atoms with Crippen LogP contribution >= 0.6 is 22.7 Å². The van der Waals surface area contributed by atoms with Crippen LogP contribution in [0.5, 0.6) is 0 Å². The molecule has 0 fully saturated rings. The maximum atomic E-state index is 13.1. The van der Waals surface area contributed by atoms with E-state index in [1.54, 1.807) is 19.1 Å². The highest BCUT2D eigenvalue weighted by Crippen LogP contribution is 2.29. The minimum absolute atomic E-state index is 0.0592. The number of nitrogens with one attached hydrogen (secondary N) is 1. The van der Waals surface area contributed by atoms with E-state index in [2.05, 4.69) is 4.72 Å². The lowest BCUT2D eigenvalue weighted by Gasteiger charge is -2.09. The Bertz CT molecular complexity index is 965. The number of benzene rings is 1. The highest BCUT2D eigenvalue weighted by atomic mass is 32.2. The summed E-state index contributed by atoms with van der Waals surface area (Å²) in [6, 6.07) is 9.01. The third-order valence-corrected chi connectivity index (χ3v) is 7.07.